The third-order valence-corrected chi connectivity index (χ3v) is 5.71. The highest BCUT2D eigenvalue weighted by Gasteiger charge is 2.34. The number of likely N-dealkylation sites (N-methyl/N-ethyl adjacent to an activating group) is 1. The van der Waals surface area contributed by atoms with Crippen molar-refractivity contribution in [2.75, 3.05) is 32.0 Å². The summed E-state index contributed by atoms with van der Waals surface area (Å²) in [6, 6.07) is 0.371. The molecule has 7 nitrogen and oxygen atoms in total. The maximum absolute atomic E-state index is 12.7. The minimum atomic E-state index is -3.53. The first kappa shape index (κ1) is 16.1. The number of anilines is 1. The van der Waals surface area contributed by atoms with Crippen LogP contribution in [0.2, 0.25) is 0 Å². The van der Waals surface area contributed by atoms with E-state index in [0.29, 0.717) is 25.6 Å². The van der Waals surface area contributed by atoms with Gasteiger partial charge in [-0.1, -0.05) is 0 Å². The van der Waals surface area contributed by atoms with Crippen LogP contribution in [0.5, 0.6) is 0 Å². The van der Waals surface area contributed by atoms with Crippen LogP contribution < -0.4 is 5.32 Å². The minimum absolute atomic E-state index is 0.146. The van der Waals surface area contributed by atoms with Gasteiger partial charge in [0.05, 0.1) is 12.4 Å². The largest absolute Gasteiger partial charge is 0.355 e. The predicted molar refractivity (Wildman–Crippen MR) is 81.6 cm³/mol. The van der Waals surface area contributed by atoms with E-state index in [1.165, 1.54) is 16.7 Å². The molecule has 118 valence electrons. The van der Waals surface area contributed by atoms with Gasteiger partial charge in [0.2, 0.25) is 16.0 Å². The van der Waals surface area contributed by atoms with Crippen molar-refractivity contribution in [1.82, 2.24) is 19.2 Å². The highest BCUT2D eigenvalue weighted by atomic mass is 32.2. The lowest BCUT2D eigenvalue weighted by atomic mass is 10.1. The molecule has 1 fully saturated rings. The highest BCUT2D eigenvalue weighted by molar-refractivity contribution is 7.89. The number of hydrogen-bond donors (Lipinski definition) is 1. The first-order chi connectivity index (χ1) is 9.86. The zero-order valence-electron chi connectivity index (χ0n) is 12.9. The van der Waals surface area contributed by atoms with Crippen LogP contribution in [0.4, 0.5) is 5.95 Å². The van der Waals surface area contributed by atoms with Crippen molar-refractivity contribution in [2.45, 2.75) is 37.8 Å². The Kier molecular flexibility index (Phi) is 4.80. The molecule has 0 spiro atoms. The molecule has 1 aromatic heterocycles. The zero-order valence-corrected chi connectivity index (χ0v) is 13.8. The van der Waals surface area contributed by atoms with Gasteiger partial charge in [0.1, 0.15) is 4.90 Å². The second-order valence-electron chi connectivity index (χ2n) is 5.46. The summed E-state index contributed by atoms with van der Waals surface area (Å²) in [5.41, 5.74) is 0. The van der Waals surface area contributed by atoms with E-state index < -0.39 is 10.0 Å². The van der Waals surface area contributed by atoms with Crippen molar-refractivity contribution < 1.29 is 8.42 Å². The van der Waals surface area contributed by atoms with Gasteiger partial charge in [-0.25, -0.2) is 18.4 Å². The Bertz CT molecular complexity index is 563. The third-order valence-electron chi connectivity index (χ3n) is 3.93. The van der Waals surface area contributed by atoms with Crippen molar-refractivity contribution in [3.63, 3.8) is 0 Å². The summed E-state index contributed by atoms with van der Waals surface area (Å²) < 4.78 is 26.8. The number of piperazine rings is 1. The van der Waals surface area contributed by atoms with E-state index in [4.69, 9.17) is 0 Å². The molecule has 0 bridgehead atoms. The van der Waals surface area contributed by atoms with Gasteiger partial charge in [-0.3, -0.25) is 4.90 Å². The number of nitrogens with one attached hydrogen (secondary N) is 1. The molecule has 0 radical (unpaired) electrons. The summed E-state index contributed by atoms with van der Waals surface area (Å²) in [4.78, 5) is 10.4. The summed E-state index contributed by atoms with van der Waals surface area (Å²) in [6.45, 7) is 7.66. The van der Waals surface area contributed by atoms with E-state index in [9.17, 15) is 8.42 Å². The summed E-state index contributed by atoms with van der Waals surface area (Å²) in [7, 11) is -1.51. The van der Waals surface area contributed by atoms with Crippen LogP contribution in [0.25, 0.3) is 0 Å². The SMILES string of the molecule is CCNc1ncc(S(=O)(=O)N2CC(C)N(C)C(C)C2)cn1. The lowest BCUT2D eigenvalue weighted by Crippen LogP contribution is -2.56. The van der Waals surface area contributed by atoms with Crippen LogP contribution in [0, 0.1) is 0 Å². The zero-order chi connectivity index (χ0) is 15.6. The lowest BCUT2D eigenvalue weighted by molar-refractivity contribution is 0.105. The molecule has 1 saturated heterocycles. The molecule has 2 atom stereocenters. The van der Waals surface area contributed by atoms with Crippen LogP contribution in [-0.4, -0.2) is 66.4 Å². The van der Waals surface area contributed by atoms with E-state index in [1.807, 2.05) is 27.8 Å². The van der Waals surface area contributed by atoms with Crippen LogP contribution >= 0.6 is 0 Å². The van der Waals surface area contributed by atoms with E-state index >= 15 is 0 Å². The molecule has 2 rings (SSSR count). The molecular formula is C13H23N5O2S. The Balaban J connectivity index is 2.21. The fourth-order valence-electron chi connectivity index (χ4n) is 2.40. The summed E-state index contributed by atoms with van der Waals surface area (Å²) in [6.07, 6.45) is 2.74. The number of sulfonamides is 1. The van der Waals surface area contributed by atoms with E-state index in [2.05, 4.69) is 20.2 Å². The van der Waals surface area contributed by atoms with Gasteiger partial charge in [-0.2, -0.15) is 4.31 Å². The molecule has 1 N–H and O–H groups in total. The molecule has 8 heteroatoms. The second-order valence-corrected chi connectivity index (χ2v) is 7.40. The van der Waals surface area contributed by atoms with Gasteiger partial charge in [0, 0.05) is 31.7 Å². The van der Waals surface area contributed by atoms with E-state index in [-0.39, 0.29) is 17.0 Å². The average molecular weight is 313 g/mol. The summed E-state index contributed by atoms with van der Waals surface area (Å²) >= 11 is 0. The maximum atomic E-state index is 12.7. The predicted octanol–water partition coefficient (Wildman–Crippen LogP) is 0.622. The van der Waals surface area contributed by atoms with Gasteiger partial charge in [-0.15, -0.1) is 0 Å². The normalized spacial score (nSPS) is 25.0. The number of rotatable bonds is 4. The van der Waals surface area contributed by atoms with E-state index in [1.54, 1.807) is 0 Å². The molecule has 21 heavy (non-hydrogen) atoms. The maximum Gasteiger partial charge on any atom is 0.246 e. The van der Waals surface area contributed by atoms with E-state index in [0.717, 1.165) is 0 Å². The second kappa shape index (κ2) is 6.25. The number of aromatic nitrogens is 2. The van der Waals surface area contributed by atoms with Crippen LogP contribution in [0.3, 0.4) is 0 Å². The molecule has 0 aliphatic carbocycles. The van der Waals surface area contributed by atoms with Gasteiger partial charge in [0.15, 0.2) is 0 Å². The first-order valence-electron chi connectivity index (χ1n) is 7.14. The van der Waals surface area contributed by atoms with Crippen molar-refractivity contribution in [2.24, 2.45) is 0 Å². The topological polar surface area (TPSA) is 78.4 Å². The molecule has 0 saturated carbocycles. The van der Waals surface area contributed by atoms with Gasteiger partial charge < -0.3 is 5.32 Å². The number of nitrogens with zero attached hydrogens (tertiary/aromatic N) is 4. The minimum Gasteiger partial charge on any atom is -0.355 e. The quantitative estimate of drug-likeness (QED) is 0.878. The lowest BCUT2D eigenvalue weighted by Gasteiger charge is -2.41. The Hall–Kier alpha value is -1.25. The Morgan fingerprint density at radius 2 is 1.76 bits per heavy atom. The van der Waals surface area contributed by atoms with Crippen molar-refractivity contribution in [3.05, 3.63) is 12.4 Å². The molecule has 2 unspecified atom stereocenters. The number of hydrogen-bond acceptors (Lipinski definition) is 6. The van der Waals surface area contributed by atoms with Crippen molar-refractivity contribution in [3.8, 4) is 0 Å². The Morgan fingerprint density at radius 3 is 2.24 bits per heavy atom. The molecule has 0 amide bonds. The highest BCUT2D eigenvalue weighted by Crippen LogP contribution is 2.21. The average Bonchev–Trinajstić information content (AvgIpc) is 2.45. The monoisotopic (exact) mass is 313 g/mol. The Labute approximate surface area is 126 Å². The van der Waals surface area contributed by atoms with Crippen LogP contribution in [0.15, 0.2) is 17.3 Å². The van der Waals surface area contributed by atoms with Crippen molar-refractivity contribution in [1.29, 1.82) is 0 Å². The summed E-state index contributed by atoms with van der Waals surface area (Å²) in [5, 5.41) is 2.95. The first-order valence-corrected chi connectivity index (χ1v) is 8.58. The molecule has 2 heterocycles. The standard InChI is InChI=1S/C13H23N5O2S/c1-5-14-13-15-6-12(7-16-13)21(19,20)18-8-10(2)17(4)11(3)9-18/h6-7,10-11H,5,8-9H2,1-4H3,(H,14,15,16). The van der Waals surface area contributed by atoms with Gasteiger partial charge in [-0.05, 0) is 27.8 Å². The fourth-order valence-corrected chi connectivity index (χ4v) is 3.89. The third kappa shape index (κ3) is 3.33. The van der Waals surface area contributed by atoms with Crippen LogP contribution in [-0.2, 0) is 10.0 Å². The van der Waals surface area contributed by atoms with Crippen molar-refractivity contribution >= 4 is 16.0 Å². The fraction of sp³-hybridized carbons (Fsp3) is 0.692. The van der Waals surface area contributed by atoms with Crippen LogP contribution in [0.1, 0.15) is 20.8 Å². The molecule has 0 aromatic carbocycles. The smallest absolute Gasteiger partial charge is 0.246 e. The molecule has 1 aliphatic rings. The molecular weight excluding hydrogens is 290 g/mol. The van der Waals surface area contributed by atoms with Gasteiger partial charge >= 0.3 is 0 Å². The molecule has 1 aliphatic heterocycles. The Morgan fingerprint density at radius 1 is 1.24 bits per heavy atom. The van der Waals surface area contributed by atoms with Gasteiger partial charge in [0.25, 0.3) is 0 Å². The molecule has 1 aromatic rings. The summed E-state index contributed by atoms with van der Waals surface area (Å²) in [5.74, 6) is 0.441.